The standard InChI is InChI=1S/C11H22N2O2/c1-8-6-9(12-5)7-13(8)10(14)15-11(2,3)4/h8-9,12H,6-7H2,1-5H3/t8-,9+/m1/s1. The fourth-order valence-electron chi connectivity index (χ4n) is 1.82. The highest BCUT2D eigenvalue weighted by Crippen LogP contribution is 2.20. The summed E-state index contributed by atoms with van der Waals surface area (Å²) in [4.78, 5) is 13.6. The Kier molecular flexibility index (Phi) is 3.60. The number of hydrogen-bond acceptors (Lipinski definition) is 3. The van der Waals surface area contributed by atoms with Gasteiger partial charge in [-0.15, -0.1) is 0 Å². The maximum Gasteiger partial charge on any atom is 0.410 e. The zero-order valence-corrected chi connectivity index (χ0v) is 10.3. The predicted octanol–water partition coefficient (Wildman–Crippen LogP) is 1.60. The number of ether oxygens (including phenoxy) is 1. The van der Waals surface area contributed by atoms with Gasteiger partial charge >= 0.3 is 6.09 Å². The lowest BCUT2D eigenvalue weighted by Crippen LogP contribution is -2.40. The first-order chi connectivity index (χ1) is 6.83. The molecule has 0 aliphatic carbocycles. The summed E-state index contributed by atoms with van der Waals surface area (Å²) >= 11 is 0. The lowest BCUT2D eigenvalue weighted by atomic mass is 10.2. The number of nitrogens with one attached hydrogen (secondary N) is 1. The molecule has 0 aromatic carbocycles. The SMILES string of the molecule is CN[C@H]1C[C@@H](C)N(C(=O)OC(C)(C)C)C1. The number of carbonyl (C=O) groups excluding carboxylic acids is 1. The zero-order chi connectivity index (χ0) is 11.6. The zero-order valence-electron chi connectivity index (χ0n) is 10.3. The van der Waals surface area contributed by atoms with Gasteiger partial charge in [0.15, 0.2) is 0 Å². The fourth-order valence-corrected chi connectivity index (χ4v) is 1.82. The van der Waals surface area contributed by atoms with Crippen molar-refractivity contribution in [2.75, 3.05) is 13.6 Å². The first-order valence-electron chi connectivity index (χ1n) is 5.50. The van der Waals surface area contributed by atoms with E-state index in [9.17, 15) is 4.79 Å². The van der Waals surface area contributed by atoms with Crippen molar-refractivity contribution in [1.82, 2.24) is 10.2 Å². The molecule has 0 unspecified atom stereocenters. The van der Waals surface area contributed by atoms with Gasteiger partial charge in [0.1, 0.15) is 5.60 Å². The first-order valence-corrected chi connectivity index (χ1v) is 5.50. The molecule has 0 bridgehead atoms. The fraction of sp³-hybridized carbons (Fsp3) is 0.909. The van der Waals surface area contributed by atoms with Crippen molar-refractivity contribution >= 4 is 6.09 Å². The third kappa shape index (κ3) is 3.38. The maximum atomic E-state index is 11.8. The number of nitrogens with zero attached hydrogens (tertiary/aromatic N) is 1. The van der Waals surface area contributed by atoms with Crippen LogP contribution in [0.1, 0.15) is 34.1 Å². The lowest BCUT2D eigenvalue weighted by Gasteiger charge is -2.26. The molecule has 1 aliphatic heterocycles. The molecule has 0 saturated carbocycles. The highest BCUT2D eigenvalue weighted by molar-refractivity contribution is 5.69. The average Bonchev–Trinajstić information content (AvgIpc) is 2.43. The topological polar surface area (TPSA) is 41.6 Å². The molecule has 15 heavy (non-hydrogen) atoms. The Labute approximate surface area is 92.0 Å². The van der Waals surface area contributed by atoms with Crippen LogP contribution in [-0.4, -0.2) is 42.3 Å². The molecule has 4 heteroatoms. The van der Waals surface area contributed by atoms with Crippen LogP contribution in [0.3, 0.4) is 0 Å². The Balaban J connectivity index is 2.54. The molecule has 0 spiro atoms. The van der Waals surface area contributed by atoms with E-state index in [-0.39, 0.29) is 12.1 Å². The largest absolute Gasteiger partial charge is 0.444 e. The predicted molar refractivity (Wildman–Crippen MR) is 59.9 cm³/mol. The van der Waals surface area contributed by atoms with E-state index in [0.717, 1.165) is 13.0 Å². The minimum Gasteiger partial charge on any atom is -0.444 e. The molecule has 1 heterocycles. The smallest absolute Gasteiger partial charge is 0.410 e. The molecule has 2 atom stereocenters. The highest BCUT2D eigenvalue weighted by Gasteiger charge is 2.34. The summed E-state index contributed by atoms with van der Waals surface area (Å²) in [5, 5.41) is 3.19. The molecular weight excluding hydrogens is 192 g/mol. The van der Waals surface area contributed by atoms with Crippen LogP contribution in [0.2, 0.25) is 0 Å². The second-order valence-electron chi connectivity index (χ2n) is 5.20. The number of rotatable bonds is 1. The molecule has 1 rings (SSSR count). The minimum absolute atomic E-state index is 0.201. The van der Waals surface area contributed by atoms with E-state index in [4.69, 9.17) is 4.74 Å². The Morgan fingerprint density at radius 2 is 2.07 bits per heavy atom. The number of likely N-dealkylation sites (N-methyl/N-ethyl adjacent to an activating group) is 1. The Morgan fingerprint density at radius 1 is 1.47 bits per heavy atom. The van der Waals surface area contributed by atoms with Gasteiger partial charge in [-0.3, -0.25) is 0 Å². The van der Waals surface area contributed by atoms with Crippen LogP contribution in [0, 0.1) is 0 Å². The second-order valence-corrected chi connectivity index (χ2v) is 5.20. The van der Waals surface area contributed by atoms with E-state index in [0.29, 0.717) is 6.04 Å². The van der Waals surface area contributed by atoms with Crippen LogP contribution >= 0.6 is 0 Å². The molecule has 1 aliphatic rings. The van der Waals surface area contributed by atoms with Crippen LogP contribution < -0.4 is 5.32 Å². The number of carbonyl (C=O) groups is 1. The van der Waals surface area contributed by atoms with Gasteiger partial charge in [0.25, 0.3) is 0 Å². The number of hydrogen-bond donors (Lipinski definition) is 1. The first kappa shape index (κ1) is 12.3. The Hall–Kier alpha value is -0.770. The summed E-state index contributed by atoms with van der Waals surface area (Å²) < 4.78 is 5.34. The van der Waals surface area contributed by atoms with Crippen molar-refractivity contribution in [2.24, 2.45) is 0 Å². The summed E-state index contributed by atoms with van der Waals surface area (Å²) in [5.41, 5.74) is -0.408. The van der Waals surface area contributed by atoms with Crippen LogP contribution in [0.5, 0.6) is 0 Å². The van der Waals surface area contributed by atoms with Crippen LogP contribution in [-0.2, 0) is 4.74 Å². The van der Waals surface area contributed by atoms with E-state index >= 15 is 0 Å². The Morgan fingerprint density at radius 3 is 2.47 bits per heavy atom. The van der Waals surface area contributed by atoms with Gasteiger partial charge in [-0.05, 0) is 41.2 Å². The van der Waals surface area contributed by atoms with Crippen molar-refractivity contribution < 1.29 is 9.53 Å². The third-order valence-electron chi connectivity index (χ3n) is 2.61. The third-order valence-corrected chi connectivity index (χ3v) is 2.61. The molecule has 0 radical (unpaired) electrons. The number of amides is 1. The maximum absolute atomic E-state index is 11.8. The highest BCUT2D eigenvalue weighted by atomic mass is 16.6. The van der Waals surface area contributed by atoms with E-state index in [1.165, 1.54) is 0 Å². The Bertz CT molecular complexity index is 235. The van der Waals surface area contributed by atoms with Gasteiger partial charge in [0.05, 0.1) is 0 Å². The van der Waals surface area contributed by atoms with Crippen molar-refractivity contribution in [3.05, 3.63) is 0 Å². The second kappa shape index (κ2) is 4.39. The van der Waals surface area contributed by atoms with Crippen LogP contribution in [0.25, 0.3) is 0 Å². The van der Waals surface area contributed by atoms with Crippen molar-refractivity contribution in [3.63, 3.8) is 0 Å². The summed E-state index contributed by atoms with van der Waals surface area (Å²) in [6.07, 6.45) is 0.795. The van der Waals surface area contributed by atoms with Crippen molar-refractivity contribution in [1.29, 1.82) is 0 Å². The molecule has 1 saturated heterocycles. The van der Waals surface area contributed by atoms with Gasteiger partial charge in [-0.25, -0.2) is 4.79 Å². The lowest BCUT2D eigenvalue weighted by molar-refractivity contribution is 0.0236. The molecule has 0 aromatic rings. The molecule has 1 fully saturated rings. The van der Waals surface area contributed by atoms with Gasteiger partial charge in [0.2, 0.25) is 0 Å². The van der Waals surface area contributed by atoms with E-state index in [1.54, 1.807) is 4.90 Å². The number of likely N-dealkylation sites (tertiary alicyclic amines) is 1. The average molecular weight is 214 g/mol. The van der Waals surface area contributed by atoms with Crippen LogP contribution in [0.4, 0.5) is 4.79 Å². The summed E-state index contributed by atoms with van der Waals surface area (Å²) in [6, 6.07) is 0.657. The molecule has 0 aromatic heterocycles. The van der Waals surface area contributed by atoms with Gasteiger partial charge in [0, 0.05) is 18.6 Å². The van der Waals surface area contributed by atoms with E-state index in [1.807, 2.05) is 27.8 Å². The minimum atomic E-state index is -0.408. The van der Waals surface area contributed by atoms with Crippen LogP contribution in [0.15, 0.2) is 0 Å². The van der Waals surface area contributed by atoms with Gasteiger partial charge < -0.3 is 15.0 Å². The van der Waals surface area contributed by atoms with E-state index < -0.39 is 5.60 Å². The van der Waals surface area contributed by atoms with Crippen molar-refractivity contribution in [3.8, 4) is 0 Å². The summed E-state index contributed by atoms with van der Waals surface area (Å²) in [7, 11) is 1.93. The van der Waals surface area contributed by atoms with Gasteiger partial charge in [-0.1, -0.05) is 0 Å². The normalized spacial score (nSPS) is 26.9. The molecule has 4 nitrogen and oxygen atoms in total. The van der Waals surface area contributed by atoms with Crippen molar-refractivity contribution in [2.45, 2.75) is 51.8 Å². The summed E-state index contributed by atoms with van der Waals surface area (Å²) in [5.74, 6) is 0. The molecule has 1 N–H and O–H groups in total. The van der Waals surface area contributed by atoms with Gasteiger partial charge in [-0.2, -0.15) is 0 Å². The molecular formula is C11H22N2O2. The summed E-state index contributed by atoms with van der Waals surface area (Å²) in [6.45, 7) is 8.47. The van der Waals surface area contributed by atoms with E-state index in [2.05, 4.69) is 12.2 Å². The molecule has 1 amide bonds. The molecule has 88 valence electrons. The monoisotopic (exact) mass is 214 g/mol. The quantitative estimate of drug-likeness (QED) is 0.721.